The zero-order valence-electron chi connectivity index (χ0n) is 9.09. The number of ether oxygens (including phenoxy) is 2. The van der Waals surface area contributed by atoms with Crippen molar-refractivity contribution in [1.82, 2.24) is 14.5 Å². The third-order valence-electron chi connectivity index (χ3n) is 3.10. The van der Waals surface area contributed by atoms with Crippen molar-refractivity contribution < 1.29 is 9.47 Å². The van der Waals surface area contributed by atoms with Gasteiger partial charge in [0.2, 0.25) is 0 Å². The number of nitrogens with zero attached hydrogens (tertiary/aromatic N) is 3. The maximum Gasteiger partial charge on any atom is 0.181 e. The van der Waals surface area contributed by atoms with Crippen LogP contribution in [0.4, 0.5) is 0 Å². The lowest BCUT2D eigenvalue weighted by molar-refractivity contribution is -0.190. The lowest BCUT2D eigenvalue weighted by Crippen LogP contribution is -2.48. The molecule has 1 aromatic heterocycles. The molecular formula is C10H15N3O2S. The molecular weight excluding hydrogens is 226 g/mol. The normalized spacial score (nSPS) is 25.2. The van der Waals surface area contributed by atoms with Crippen LogP contribution in [0.15, 0.2) is 5.38 Å². The number of likely N-dealkylation sites (tertiary alicyclic amines) is 1. The molecule has 0 aromatic carbocycles. The molecule has 0 bridgehead atoms. The van der Waals surface area contributed by atoms with Crippen molar-refractivity contribution in [3.8, 4) is 0 Å². The highest BCUT2D eigenvalue weighted by molar-refractivity contribution is 7.03. The minimum atomic E-state index is -0.332. The average molecular weight is 241 g/mol. The molecule has 2 aliphatic heterocycles. The zero-order chi connectivity index (χ0) is 10.8. The van der Waals surface area contributed by atoms with Crippen molar-refractivity contribution in [3.05, 3.63) is 11.1 Å². The predicted molar refractivity (Wildman–Crippen MR) is 59.1 cm³/mol. The molecule has 1 aromatic rings. The summed E-state index contributed by atoms with van der Waals surface area (Å²) in [6, 6.07) is 0. The van der Waals surface area contributed by atoms with Crippen LogP contribution >= 0.6 is 11.5 Å². The Morgan fingerprint density at radius 2 is 2.31 bits per heavy atom. The topological polar surface area (TPSA) is 47.5 Å². The second-order valence-corrected chi connectivity index (χ2v) is 4.93. The minimum absolute atomic E-state index is 0.332. The van der Waals surface area contributed by atoms with Gasteiger partial charge in [-0.25, -0.2) is 0 Å². The zero-order valence-corrected chi connectivity index (χ0v) is 9.91. The van der Waals surface area contributed by atoms with Crippen molar-refractivity contribution in [3.63, 3.8) is 0 Å². The number of hydrogen-bond donors (Lipinski definition) is 0. The van der Waals surface area contributed by atoms with E-state index in [1.165, 1.54) is 11.5 Å². The molecule has 6 heteroatoms. The Kier molecular flexibility index (Phi) is 2.89. The number of aromatic nitrogens is 2. The van der Waals surface area contributed by atoms with Gasteiger partial charge in [-0.3, -0.25) is 4.90 Å². The van der Waals surface area contributed by atoms with E-state index in [1.807, 2.05) is 5.38 Å². The van der Waals surface area contributed by atoms with E-state index in [9.17, 15) is 0 Å². The van der Waals surface area contributed by atoms with Gasteiger partial charge in [0.1, 0.15) is 0 Å². The SMILES string of the molecule is c1snnc1CN1CCCC2(C1)OCCO2. The molecule has 0 unspecified atom stereocenters. The summed E-state index contributed by atoms with van der Waals surface area (Å²) in [7, 11) is 0. The predicted octanol–water partition coefficient (Wildman–Crippen LogP) is 0.877. The Hall–Kier alpha value is -0.560. The molecule has 3 heterocycles. The van der Waals surface area contributed by atoms with Crippen LogP contribution in [0.1, 0.15) is 18.5 Å². The summed E-state index contributed by atoms with van der Waals surface area (Å²) in [6.45, 7) is 4.25. The highest BCUT2D eigenvalue weighted by atomic mass is 32.1. The summed E-state index contributed by atoms with van der Waals surface area (Å²) in [6.07, 6.45) is 2.14. The fourth-order valence-corrected chi connectivity index (χ4v) is 2.86. The Balaban J connectivity index is 1.63. The largest absolute Gasteiger partial charge is 0.346 e. The molecule has 0 saturated carbocycles. The maximum atomic E-state index is 5.73. The molecule has 0 N–H and O–H groups in total. The molecule has 16 heavy (non-hydrogen) atoms. The standard InChI is InChI=1S/C10H15N3O2S/c1-2-10(14-4-5-15-10)8-13(3-1)6-9-7-16-12-11-9/h7H,1-6,8H2. The van der Waals surface area contributed by atoms with E-state index in [4.69, 9.17) is 9.47 Å². The van der Waals surface area contributed by atoms with Gasteiger partial charge in [-0.1, -0.05) is 4.49 Å². The molecule has 2 saturated heterocycles. The lowest BCUT2D eigenvalue weighted by atomic mass is 10.0. The van der Waals surface area contributed by atoms with E-state index in [2.05, 4.69) is 14.5 Å². The second-order valence-electron chi connectivity index (χ2n) is 4.32. The monoisotopic (exact) mass is 241 g/mol. The highest BCUT2D eigenvalue weighted by Gasteiger charge is 2.40. The molecule has 0 amide bonds. The van der Waals surface area contributed by atoms with Crippen LogP contribution in [0, 0.1) is 0 Å². The van der Waals surface area contributed by atoms with Crippen LogP contribution in [0.2, 0.25) is 0 Å². The Bertz CT molecular complexity index is 338. The smallest absolute Gasteiger partial charge is 0.181 e. The molecule has 2 aliphatic rings. The van der Waals surface area contributed by atoms with Crippen molar-refractivity contribution in [1.29, 1.82) is 0 Å². The van der Waals surface area contributed by atoms with Crippen molar-refractivity contribution >= 4 is 11.5 Å². The summed E-state index contributed by atoms with van der Waals surface area (Å²) >= 11 is 1.40. The van der Waals surface area contributed by atoms with Crippen LogP contribution in [0.3, 0.4) is 0 Å². The summed E-state index contributed by atoms with van der Waals surface area (Å²) < 4.78 is 15.3. The first kappa shape index (κ1) is 10.6. The van der Waals surface area contributed by atoms with Crippen molar-refractivity contribution in [2.45, 2.75) is 25.2 Å². The molecule has 0 radical (unpaired) electrons. The van der Waals surface area contributed by atoms with Crippen molar-refractivity contribution in [2.24, 2.45) is 0 Å². The first-order chi connectivity index (χ1) is 7.86. The lowest BCUT2D eigenvalue weighted by Gasteiger charge is -2.38. The van der Waals surface area contributed by atoms with Crippen molar-refractivity contribution in [2.75, 3.05) is 26.3 Å². The van der Waals surface area contributed by atoms with E-state index in [0.717, 1.165) is 51.4 Å². The third-order valence-corrected chi connectivity index (χ3v) is 3.65. The van der Waals surface area contributed by atoms with Gasteiger partial charge in [-0.2, -0.15) is 0 Å². The fraction of sp³-hybridized carbons (Fsp3) is 0.800. The summed E-state index contributed by atoms with van der Waals surface area (Å²) in [5.74, 6) is -0.332. The number of rotatable bonds is 2. The fourth-order valence-electron chi connectivity index (χ4n) is 2.42. The van der Waals surface area contributed by atoms with Crippen LogP contribution in [-0.4, -0.2) is 46.6 Å². The van der Waals surface area contributed by atoms with E-state index in [0.29, 0.717) is 0 Å². The van der Waals surface area contributed by atoms with E-state index in [1.54, 1.807) is 0 Å². The van der Waals surface area contributed by atoms with Gasteiger partial charge in [-0.05, 0) is 24.5 Å². The molecule has 5 nitrogen and oxygen atoms in total. The first-order valence-electron chi connectivity index (χ1n) is 5.63. The van der Waals surface area contributed by atoms with E-state index >= 15 is 0 Å². The van der Waals surface area contributed by atoms with Crippen LogP contribution < -0.4 is 0 Å². The summed E-state index contributed by atoms with van der Waals surface area (Å²) in [5, 5.41) is 6.07. The quantitative estimate of drug-likeness (QED) is 0.769. The van der Waals surface area contributed by atoms with Gasteiger partial charge in [0.15, 0.2) is 5.79 Å². The molecule has 3 rings (SSSR count). The van der Waals surface area contributed by atoms with Crippen LogP contribution in [-0.2, 0) is 16.0 Å². The van der Waals surface area contributed by atoms with E-state index < -0.39 is 0 Å². The molecule has 0 aliphatic carbocycles. The summed E-state index contributed by atoms with van der Waals surface area (Å²) in [4.78, 5) is 2.34. The molecule has 2 fully saturated rings. The Morgan fingerprint density at radius 1 is 1.44 bits per heavy atom. The van der Waals surface area contributed by atoms with Gasteiger partial charge < -0.3 is 9.47 Å². The van der Waals surface area contributed by atoms with Gasteiger partial charge in [-0.15, -0.1) is 5.10 Å². The average Bonchev–Trinajstić information content (AvgIpc) is 2.91. The number of hydrogen-bond acceptors (Lipinski definition) is 6. The van der Waals surface area contributed by atoms with Gasteiger partial charge in [0.05, 0.1) is 25.5 Å². The minimum Gasteiger partial charge on any atom is -0.346 e. The van der Waals surface area contributed by atoms with Crippen LogP contribution in [0.25, 0.3) is 0 Å². The summed E-state index contributed by atoms with van der Waals surface area (Å²) in [5.41, 5.74) is 1.04. The second kappa shape index (κ2) is 4.37. The van der Waals surface area contributed by atoms with Crippen LogP contribution in [0.5, 0.6) is 0 Å². The molecule has 0 atom stereocenters. The third kappa shape index (κ3) is 2.10. The maximum absolute atomic E-state index is 5.73. The van der Waals surface area contributed by atoms with Gasteiger partial charge in [0.25, 0.3) is 0 Å². The van der Waals surface area contributed by atoms with Gasteiger partial charge in [0, 0.05) is 18.3 Å². The van der Waals surface area contributed by atoms with Gasteiger partial charge >= 0.3 is 0 Å². The Labute approximate surface area is 98.5 Å². The number of piperidine rings is 1. The Morgan fingerprint density at radius 3 is 3.06 bits per heavy atom. The highest BCUT2D eigenvalue weighted by Crippen LogP contribution is 2.30. The first-order valence-corrected chi connectivity index (χ1v) is 6.46. The molecule has 1 spiro atoms. The van der Waals surface area contributed by atoms with E-state index in [-0.39, 0.29) is 5.79 Å². The molecule has 88 valence electrons.